The Kier molecular flexibility index (Phi) is 4.44. The van der Waals surface area contributed by atoms with E-state index in [4.69, 9.17) is 9.47 Å². The lowest BCUT2D eigenvalue weighted by atomic mass is 10.1. The summed E-state index contributed by atoms with van der Waals surface area (Å²) in [6.07, 6.45) is 4.20. The fourth-order valence-corrected chi connectivity index (χ4v) is 2.69. The van der Waals surface area contributed by atoms with Crippen molar-refractivity contribution in [3.05, 3.63) is 29.3 Å². The molecular formula is C17H23NO3. The van der Waals surface area contributed by atoms with Gasteiger partial charge in [0.15, 0.2) is 0 Å². The van der Waals surface area contributed by atoms with Gasteiger partial charge in [-0.25, -0.2) is 0 Å². The molecule has 2 fully saturated rings. The van der Waals surface area contributed by atoms with Gasteiger partial charge in [0, 0.05) is 25.1 Å². The fourth-order valence-electron chi connectivity index (χ4n) is 2.69. The van der Waals surface area contributed by atoms with Gasteiger partial charge in [-0.1, -0.05) is 18.6 Å². The summed E-state index contributed by atoms with van der Waals surface area (Å²) in [6.45, 7) is 4.97. The number of aryl methyl sites for hydroxylation is 1. The van der Waals surface area contributed by atoms with Crippen molar-refractivity contribution in [2.45, 2.75) is 45.3 Å². The van der Waals surface area contributed by atoms with Crippen LogP contribution < -0.4 is 4.74 Å². The maximum absolute atomic E-state index is 12.1. The molecule has 0 saturated carbocycles. The number of hydrogen-bond donors (Lipinski definition) is 0. The number of benzene rings is 1. The summed E-state index contributed by atoms with van der Waals surface area (Å²) < 4.78 is 11.1. The molecule has 4 nitrogen and oxygen atoms in total. The van der Waals surface area contributed by atoms with E-state index >= 15 is 0 Å². The average Bonchev–Trinajstić information content (AvgIpc) is 3.29. The third-order valence-corrected chi connectivity index (χ3v) is 4.08. The predicted molar refractivity (Wildman–Crippen MR) is 80.3 cm³/mol. The summed E-state index contributed by atoms with van der Waals surface area (Å²) in [6, 6.07) is 6.22. The van der Waals surface area contributed by atoms with Crippen LogP contribution in [0.3, 0.4) is 0 Å². The molecule has 3 rings (SSSR count). The number of ether oxygens (including phenoxy) is 2. The first kappa shape index (κ1) is 14.4. The van der Waals surface area contributed by atoms with Gasteiger partial charge in [0.1, 0.15) is 18.5 Å². The zero-order valence-corrected chi connectivity index (χ0v) is 12.6. The van der Waals surface area contributed by atoms with Crippen molar-refractivity contribution in [1.29, 1.82) is 0 Å². The van der Waals surface area contributed by atoms with E-state index in [1.54, 1.807) is 0 Å². The van der Waals surface area contributed by atoms with Gasteiger partial charge in [-0.2, -0.15) is 0 Å². The van der Waals surface area contributed by atoms with Gasteiger partial charge >= 0.3 is 0 Å². The maximum Gasteiger partial charge on any atom is 0.222 e. The molecule has 4 heteroatoms. The van der Waals surface area contributed by atoms with Gasteiger partial charge in [0.25, 0.3) is 0 Å². The van der Waals surface area contributed by atoms with E-state index in [0.717, 1.165) is 43.7 Å². The van der Waals surface area contributed by atoms with Crippen LogP contribution in [-0.4, -0.2) is 36.7 Å². The molecule has 1 amide bonds. The first-order chi connectivity index (χ1) is 10.2. The Morgan fingerprint density at radius 2 is 2.19 bits per heavy atom. The first-order valence-electron chi connectivity index (χ1n) is 7.84. The van der Waals surface area contributed by atoms with Crippen molar-refractivity contribution in [2.75, 3.05) is 19.8 Å². The zero-order valence-electron chi connectivity index (χ0n) is 12.6. The summed E-state index contributed by atoms with van der Waals surface area (Å²) in [5.41, 5.74) is 2.27. The third-order valence-electron chi connectivity index (χ3n) is 4.08. The zero-order chi connectivity index (χ0) is 14.7. The van der Waals surface area contributed by atoms with E-state index in [2.05, 4.69) is 25.1 Å². The van der Waals surface area contributed by atoms with Crippen LogP contribution in [0.4, 0.5) is 0 Å². The first-order valence-corrected chi connectivity index (χ1v) is 7.84. The molecule has 1 atom stereocenters. The molecule has 1 aromatic rings. The number of carbonyl (C=O) groups excluding carboxylic acids is 1. The van der Waals surface area contributed by atoms with Gasteiger partial charge in [-0.05, 0) is 31.4 Å². The smallest absolute Gasteiger partial charge is 0.222 e. The SMILES string of the molecule is Cc1ccc(CN2CCCCCC2=O)c(OC[C@@H]2CO2)c1. The number of nitrogens with zero attached hydrogens (tertiary/aromatic N) is 1. The molecule has 0 aliphatic carbocycles. The third kappa shape index (κ3) is 3.97. The topological polar surface area (TPSA) is 42.1 Å². The van der Waals surface area contributed by atoms with E-state index in [-0.39, 0.29) is 12.0 Å². The molecule has 2 aliphatic heterocycles. The maximum atomic E-state index is 12.1. The molecule has 0 aromatic heterocycles. The fraction of sp³-hybridized carbons (Fsp3) is 0.588. The Labute approximate surface area is 126 Å². The second-order valence-electron chi connectivity index (χ2n) is 6.00. The predicted octanol–water partition coefficient (Wildman–Crippen LogP) is 2.68. The van der Waals surface area contributed by atoms with Crippen LogP contribution in [-0.2, 0) is 16.1 Å². The van der Waals surface area contributed by atoms with E-state index < -0.39 is 0 Å². The van der Waals surface area contributed by atoms with Gasteiger partial charge in [-0.3, -0.25) is 4.79 Å². The monoisotopic (exact) mass is 289 g/mol. The molecule has 1 aromatic carbocycles. The summed E-state index contributed by atoms with van der Waals surface area (Å²) >= 11 is 0. The van der Waals surface area contributed by atoms with Crippen molar-refractivity contribution in [1.82, 2.24) is 4.90 Å². The number of epoxide rings is 1. The minimum atomic E-state index is 0.248. The second kappa shape index (κ2) is 6.48. The Morgan fingerprint density at radius 3 is 3.00 bits per heavy atom. The molecule has 0 N–H and O–H groups in total. The van der Waals surface area contributed by atoms with Crippen molar-refractivity contribution < 1.29 is 14.3 Å². The molecular weight excluding hydrogens is 266 g/mol. The van der Waals surface area contributed by atoms with Gasteiger partial charge in [0.05, 0.1) is 6.61 Å². The largest absolute Gasteiger partial charge is 0.490 e. The molecule has 2 saturated heterocycles. The molecule has 2 heterocycles. The van der Waals surface area contributed by atoms with Gasteiger partial charge < -0.3 is 14.4 Å². The lowest BCUT2D eigenvalue weighted by molar-refractivity contribution is -0.131. The van der Waals surface area contributed by atoms with Crippen molar-refractivity contribution >= 4 is 5.91 Å². The molecule has 21 heavy (non-hydrogen) atoms. The lowest BCUT2D eigenvalue weighted by Crippen LogP contribution is -2.30. The highest BCUT2D eigenvalue weighted by molar-refractivity contribution is 5.76. The van der Waals surface area contributed by atoms with Gasteiger partial charge in [0.2, 0.25) is 5.91 Å². The van der Waals surface area contributed by atoms with Crippen LogP contribution in [0.1, 0.15) is 36.8 Å². The lowest BCUT2D eigenvalue weighted by Gasteiger charge is -2.22. The van der Waals surface area contributed by atoms with Crippen molar-refractivity contribution in [3.63, 3.8) is 0 Å². The highest BCUT2D eigenvalue weighted by Gasteiger charge is 2.24. The number of amides is 1. The summed E-state index contributed by atoms with van der Waals surface area (Å²) in [7, 11) is 0. The summed E-state index contributed by atoms with van der Waals surface area (Å²) in [4.78, 5) is 14.1. The Morgan fingerprint density at radius 1 is 1.33 bits per heavy atom. The highest BCUT2D eigenvalue weighted by atomic mass is 16.6. The quantitative estimate of drug-likeness (QED) is 0.783. The van der Waals surface area contributed by atoms with Crippen LogP contribution in [0.5, 0.6) is 5.75 Å². The number of likely N-dealkylation sites (tertiary alicyclic amines) is 1. The minimum Gasteiger partial charge on any atom is -0.490 e. The van der Waals surface area contributed by atoms with E-state index in [0.29, 0.717) is 19.6 Å². The van der Waals surface area contributed by atoms with Crippen molar-refractivity contribution in [2.24, 2.45) is 0 Å². The van der Waals surface area contributed by atoms with Crippen LogP contribution >= 0.6 is 0 Å². The normalized spacial score (nSPS) is 22.0. The summed E-state index contributed by atoms with van der Waals surface area (Å²) in [5.74, 6) is 1.16. The van der Waals surface area contributed by atoms with E-state index in [9.17, 15) is 4.79 Å². The minimum absolute atomic E-state index is 0.248. The highest BCUT2D eigenvalue weighted by Crippen LogP contribution is 2.25. The van der Waals surface area contributed by atoms with Crippen LogP contribution in [0.2, 0.25) is 0 Å². The number of rotatable bonds is 5. The second-order valence-corrected chi connectivity index (χ2v) is 6.00. The Balaban J connectivity index is 1.71. The van der Waals surface area contributed by atoms with Crippen LogP contribution in [0.25, 0.3) is 0 Å². The Hall–Kier alpha value is -1.55. The Bertz CT molecular complexity index is 511. The standard InChI is InChI=1S/C17H23NO3/c1-13-6-7-14(16(9-13)21-12-15-11-20-15)10-18-8-4-2-3-5-17(18)19/h6-7,9,15H,2-5,8,10-12H2,1H3/t15-/m0/s1. The van der Waals surface area contributed by atoms with Crippen LogP contribution in [0.15, 0.2) is 18.2 Å². The van der Waals surface area contributed by atoms with E-state index in [1.165, 1.54) is 5.56 Å². The molecule has 0 bridgehead atoms. The van der Waals surface area contributed by atoms with Crippen molar-refractivity contribution in [3.8, 4) is 5.75 Å². The molecule has 2 aliphatic rings. The van der Waals surface area contributed by atoms with Gasteiger partial charge in [-0.15, -0.1) is 0 Å². The summed E-state index contributed by atoms with van der Waals surface area (Å²) in [5, 5.41) is 0. The molecule has 0 unspecified atom stereocenters. The number of hydrogen-bond acceptors (Lipinski definition) is 3. The molecule has 114 valence electrons. The van der Waals surface area contributed by atoms with E-state index in [1.807, 2.05) is 4.90 Å². The number of carbonyl (C=O) groups is 1. The molecule has 0 radical (unpaired) electrons. The molecule has 0 spiro atoms. The average molecular weight is 289 g/mol. The van der Waals surface area contributed by atoms with Crippen LogP contribution in [0, 0.1) is 6.92 Å².